The van der Waals surface area contributed by atoms with Crippen LogP contribution < -0.4 is 0 Å². The maximum atomic E-state index is 2.48. The Kier molecular flexibility index (Phi) is 5.84. The van der Waals surface area contributed by atoms with Crippen molar-refractivity contribution in [3.63, 3.8) is 0 Å². The highest BCUT2D eigenvalue weighted by Crippen LogP contribution is 2.53. The number of rotatable bonds is 4. The zero-order valence-corrected chi connectivity index (χ0v) is 20.3. The van der Waals surface area contributed by atoms with Crippen molar-refractivity contribution in [1.82, 2.24) is 0 Å². The standard InChI is InChI=1S/C34H32/c1-33(2,3)32-25-27(31-22-14-13-21-30(31)26-15-7-4-8-16-26)23-24-34(32,28-17-9-5-10-18-28)29-19-11-6-12-20-29/h4-23,25H,24H2,1-3H3. The van der Waals surface area contributed by atoms with Gasteiger partial charge in [-0.15, -0.1) is 0 Å². The fourth-order valence-electron chi connectivity index (χ4n) is 5.52. The molecule has 0 aromatic heterocycles. The van der Waals surface area contributed by atoms with Gasteiger partial charge in [-0.25, -0.2) is 0 Å². The van der Waals surface area contributed by atoms with E-state index in [1.54, 1.807) is 0 Å². The predicted molar refractivity (Wildman–Crippen MR) is 146 cm³/mol. The second-order valence-corrected chi connectivity index (χ2v) is 10.2. The molecule has 0 spiro atoms. The maximum absolute atomic E-state index is 2.48. The molecule has 0 saturated carbocycles. The summed E-state index contributed by atoms with van der Waals surface area (Å²) in [5.41, 5.74) is 9.12. The van der Waals surface area contributed by atoms with Gasteiger partial charge in [0, 0.05) is 5.41 Å². The highest BCUT2D eigenvalue weighted by atomic mass is 14.5. The van der Waals surface area contributed by atoms with Crippen molar-refractivity contribution < 1.29 is 0 Å². The summed E-state index contributed by atoms with van der Waals surface area (Å²) in [4.78, 5) is 0. The molecule has 4 aromatic carbocycles. The lowest BCUT2D eigenvalue weighted by Crippen LogP contribution is -2.37. The normalized spacial score (nSPS) is 15.4. The monoisotopic (exact) mass is 440 g/mol. The first-order chi connectivity index (χ1) is 16.5. The Morgan fingerprint density at radius 2 is 1.03 bits per heavy atom. The summed E-state index contributed by atoms with van der Waals surface area (Å²) in [6, 6.07) is 41.6. The predicted octanol–water partition coefficient (Wildman–Crippen LogP) is 9.10. The first-order valence-electron chi connectivity index (χ1n) is 12.2. The molecule has 4 aromatic rings. The van der Waals surface area contributed by atoms with Crippen molar-refractivity contribution in [2.24, 2.45) is 5.41 Å². The van der Waals surface area contributed by atoms with Crippen molar-refractivity contribution in [3.05, 3.63) is 150 Å². The van der Waals surface area contributed by atoms with Crippen LogP contribution in [0.2, 0.25) is 0 Å². The quantitative estimate of drug-likeness (QED) is 0.297. The van der Waals surface area contributed by atoms with Crippen molar-refractivity contribution in [1.29, 1.82) is 0 Å². The van der Waals surface area contributed by atoms with E-state index in [2.05, 4.69) is 148 Å². The van der Waals surface area contributed by atoms with Gasteiger partial charge in [0.25, 0.3) is 0 Å². The van der Waals surface area contributed by atoms with E-state index in [0.717, 1.165) is 6.42 Å². The summed E-state index contributed by atoms with van der Waals surface area (Å²) >= 11 is 0. The minimum absolute atomic E-state index is 0.00706. The van der Waals surface area contributed by atoms with Gasteiger partial charge in [0.1, 0.15) is 0 Å². The molecule has 1 aliphatic rings. The topological polar surface area (TPSA) is 0 Å². The first kappa shape index (κ1) is 22.2. The van der Waals surface area contributed by atoms with Gasteiger partial charge < -0.3 is 0 Å². The smallest absolute Gasteiger partial charge is 0.0454 e. The van der Waals surface area contributed by atoms with Crippen LogP contribution in [-0.4, -0.2) is 0 Å². The van der Waals surface area contributed by atoms with Gasteiger partial charge in [0.05, 0.1) is 0 Å². The zero-order valence-electron chi connectivity index (χ0n) is 20.3. The molecule has 1 aliphatic carbocycles. The lowest BCUT2D eigenvalue weighted by atomic mass is 9.58. The molecule has 0 N–H and O–H groups in total. The van der Waals surface area contributed by atoms with Gasteiger partial charge in [-0.1, -0.05) is 148 Å². The van der Waals surface area contributed by atoms with Crippen LogP contribution in [0.3, 0.4) is 0 Å². The van der Waals surface area contributed by atoms with Gasteiger partial charge in [0.15, 0.2) is 0 Å². The summed E-state index contributed by atoms with van der Waals surface area (Å²) in [5, 5.41) is 0. The van der Waals surface area contributed by atoms with Crippen LogP contribution in [0.4, 0.5) is 0 Å². The van der Waals surface area contributed by atoms with Gasteiger partial charge in [-0.3, -0.25) is 0 Å². The van der Waals surface area contributed by atoms with Gasteiger partial charge in [-0.2, -0.15) is 0 Å². The molecule has 0 unspecified atom stereocenters. The molecule has 0 fully saturated rings. The van der Waals surface area contributed by atoms with E-state index < -0.39 is 0 Å². The molecule has 168 valence electrons. The van der Waals surface area contributed by atoms with Crippen LogP contribution in [0, 0.1) is 5.41 Å². The molecular formula is C34H32. The zero-order chi connectivity index (χ0) is 23.6. The summed E-state index contributed by atoms with van der Waals surface area (Å²) in [6.07, 6.45) is 5.87. The number of hydrogen-bond acceptors (Lipinski definition) is 0. The van der Waals surface area contributed by atoms with E-state index in [1.807, 2.05) is 0 Å². The molecule has 0 amide bonds. The van der Waals surface area contributed by atoms with Crippen LogP contribution in [0.5, 0.6) is 0 Å². The maximum Gasteiger partial charge on any atom is 0.0454 e. The average Bonchev–Trinajstić information content (AvgIpc) is 2.89. The number of benzene rings is 4. The Hall–Kier alpha value is -3.64. The first-order valence-corrected chi connectivity index (χ1v) is 12.2. The molecule has 0 atom stereocenters. The minimum atomic E-state index is -0.189. The van der Waals surface area contributed by atoms with E-state index in [9.17, 15) is 0 Å². The summed E-state index contributed by atoms with van der Waals surface area (Å²) < 4.78 is 0. The van der Waals surface area contributed by atoms with Crippen LogP contribution in [-0.2, 0) is 5.41 Å². The highest BCUT2D eigenvalue weighted by molar-refractivity contribution is 5.87. The molecule has 0 heterocycles. The van der Waals surface area contributed by atoms with E-state index in [4.69, 9.17) is 0 Å². The van der Waals surface area contributed by atoms with E-state index >= 15 is 0 Å². The van der Waals surface area contributed by atoms with Crippen LogP contribution in [0.25, 0.3) is 16.7 Å². The van der Waals surface area contributed by atoms with Crippen molar-refractivity contribution in [2.75, 3.05) is 0 Å². The number of allylic oxidation sites excluding steroid dienone is 4. The second-order valence-electron chi connectivity index (χ2n) is 10.2. The fourth-order valence-corrected chi connectivity index (χ4v) is 5.52. The molecule has 0 heteroatoms. The minimum Gasteiger partial charge on any atom is -0.0751 e. The Morgan fingerprint density at radius 1 is 0.559 bits per heavy atom. The molecule has 0 bridgehead atoms. The van der Waals surface area contributed by atoms with Crippen LogP contribution >= 0.6 is 0 Å². The highest BCUT2D eigenvalue weighted by Gasteiger charge is 2.43. The van der Waals surface area contributed by atoms with Crippen molar-refractivity contribution in [3.8, 4) is 11.1 Å². The molecule has 34 heavy (non-hydrogen) atoms. The van der Waals surface area contributed by atoms with E-state index in [0.29, 0.717) is 0 Å². The average molecular weight is 441 g/mol. The third kappa shape index (κ3) is 3.94. The van der Waals surface area contributed by atoms with Crippen molar-refractivity contribution >= 4 is 5.57 Å². The van der Waals surface area contributed by atoms with Crippen molar-refractivity contribution in [2.45, 2.75) is 32.6 Å². The third-order valence-corrected chi connectivity index (χ3v) is 7.05. The summed E-state index contributed by atoms with van der Waals surface area (Å²) in [6.45, 7) is 7.06. The largest absolute Gasteiger partial charge is 0.0751 e. The lowest BCUT2D eigenvalue weighted by molar-refractivity contribution is 0.411. The second kappa shape index (κ2) is 8.95. The molecule has 0 aliphatic heterocycles. The molecular weight excluding hydrogens is 408 g/mol. The Morgan fingerprint density at radius 3 is 1.56 bits per heavy atom. The Balaban J connectivity index is 1.73. The molecule has 0 saturated heterocycles. The summed E-state index contributed by atoms with van der Waals surface area (Å²) in [7, 11) is 0. The Bertz CT molecular complexity index is 1280. The van der Waals surface area contributed by atoms with Gasteiger partial charge in [0.2, 0.25) is 0 Å². The Labute approximate surface area is 204 Å². The van der Waals surface area contributed by atoms with Gasteiger partial charge >= 0.3 is 0 Å². The molecule has 0 nitrogen and oxygen atoms in total. The van der Waals surface area contributed by atoms with Crippen LogP contribution in [0.15, 0.2) is 133 Å². The summed E-state index contributed by atoms with van der Waals surface area (Å²) in [5.74, 6) is 0. The van der Waals surface area contributed by atoms with Gasteiger partial charge in [-0.05, 0) is 50.8 Å². The number of hydrogen-bond donors (Lipinski definition) is 0. The fraction of sp³-hybridized carbons (Fsp3) is 0.176. The van der Waals surface area contributed by atoms with E-state index in [1.165, 1.54) is 39.0 Å². The molecule has 5 rings (SSSR count). The lowest BCUT2D eigenvalue weighted by Gasteiger charge is -2.45. The third-order valence-electron chi connectivity index (χ3n) is 7.05. The molecule has 0 radical (unpaired) electrons. The van der Waals surface area contributed by atoms with E-state index in [-0.39, 0.29) is 10.8 Å². The SMILES string of the molecule is CC(C)(C)C1=CC(c2ccccc2-c2ccccc2)=CCC1(c1ccccc1)c1ccccc1. The van der Waals surface area contributed by atoms with Crippen LogP contribution in [0.1, 0.15) is 43.9 Å².